The van der Waals surface area contributed by atoms with E-state index >= 15 is 0 Å². The molecule has 3 heteroatoms. The van der Waals surface area contributed by atoms with Crippen LogP contribution in [0, 0.1) is 5.41 Å². The molecule has 0 aliphatic heterocycles. The lowest BCUT2D eigenvalue weighted by atomic mass is 9.74. The molecule has 2 unspecified atom stereocenters. The van der Waals surface area contributed by atoms with Crippen LogP contribution < -0.4 is 5.73 Å². The highest BCUT2D eigenvalue weighted by molar-refractivity contribution is 7.98. The summed E-state index contributed by atoms with van der Waals surface area (Å²) < 4.78 is 2.46. The first kappa shape index (κ1) is 14.0. The second-order valence-electron chi connectivity index (χ2n) is 6.41. The average Bonchev–Trinajstić information content (AvgIpc) is 2.68. The van der Waals surface area contributed by atoms with Gasteiger partial charge in [-0.25, -0.2) is 0 Å². The molecule has 0 fully saturated rings. The van der Waals surface area contributed by atoms with Gasteiger partial charge in [0.1, 0.15) is 0 Å². The van der Waals surface area contributed by atoms with Gasteiger partial charge in [-0.2, -0.15) is 11.8 Å². The Hall–Kier alpha value is -0.410. The van der Waals surface area contributed by atoms with Crippen molar-refractivity contribution in [3.05, 3.63) is 23.5 Å². The van der Waals surface area contributed by atoms with Crippen molar-refractivity contribution < 1.29 is 0 Å². The quantitative estimate of drug-likeness (QED) is 0.899. The third-order valence-electron chi connectivity index (χ3n) is 4.09. The zero-order valence-electron chi connectivity index (χ0n) is 12.1. The lowest BCUT2D eigenvalue weighted by Gasteiger charge is -2.35. The minimum atomic E-state index is 0.220. The maximum atomic E-state index is 6.32. The first-order chi connectivity index (χ1) is 8.44. The Morgan fingerprint density at radius 2 is 2.28 bits per heavy atom. The predicted molar refractivity (Wildman–Crippen MR) is 81.2 cm³/mol. The van der Waals surface area contributed by atoms with Gasteiger partial charge in [0, 0.05) is 24.0 Å². The molecule has 2 N–H and O–H groups in total. The number of fused-ring (bicyclic) bond motifs is 1. The van der Waals surface area contributed by atoms with Crippen molar-refractivity contribution in [2.45, 2.75) is 52.1 Å². The number of nitrogens with zero attached hydrogens (tertiary/aromatic N) is 1. The van der Waals surface area contributed by atoms with E-state index in [9.17, 15) is 0 Å². The zero-order valence-corrected chi connectivity index (χ0v) is 12.9. The monoisotopic (exact) mass is 266 g/mol. The van der Waals surface area contributed by atoms with E-state index in [1.165, 1.54) is 23.4 Å². The molecule has 18 heavy (non-hydrogen) atoms. The molecular weight excluding hydrogens is 240 g/mol. The highest BCUT2D eigenvalue weighted by Crippen LogP contribution is 2.41. The maximum absolute atomic E-state index is 6.32. The molecule has 1 aromatic rings. The Bertz CT molecular complexity index is 409. The molecule has 1 aromatic heterocycles. The summed E-state index contributed by atoms with van der Waals surface area (Å²) in [5, 5.41) is 0. The summed E-state index contributed by atoms with van der Waals surface area (Å²) in [7, 11) is 0. The van der Waals surface area contributed by atoms with Crippen LogP contribution in [0.15, 0.2) is 12.3 Å². The van der Waals surface area contributed by atoms with E-state index in [4.69, 9.17) is 5.73 Å². The Kier molecular flexibility index (Phi) is 4.12. The summed E-state index contributed by atoms with van der Waals surface area (Å²) in [4.78, 5) is 0. The predicted octanol–water partition coefficient (Wildman–Crippen LogP) is 3.77. The average molecular weight is 266 g/mol. The third kappa shape index (κ3) is 2.77. The molecule has 2 nitrogen and oxygen atoms in total. The maximum Gasteiger partial charge on any atom is 0.0318 e. The first-order valence-corrected chi connectivity index (χ1v) is 8.28. The fourth-order valence-electron chi connectivity index (χ4n) is 3.10. The smallest absolute Gasteiger partial charge is 0.0318 e. The Morgan fingerprint density at radius 3 is 2.94 bits per heavy atom. The summed E-state index contributed by atoms with van der Waals surface area (Å²) in [5.41, 5.74) is 9.51. The number of nitrogens with two attached hydrogens (primary N) is 1. The molecule has 0 spiro atoms. The topological polar surface area (TPSA) is 30.9 Å². The lowest BCUT2D eigenvalue weighted by Crippen LogP contribution is -2.30. The highest BCUT2D eigenvalue weighted by atomic mass is 32.2. The van der Waals surface area contributed by atoms with E-state index < -0.39 is 0 Å². The van der Waals surface area contributed by atoms with Crippen LogP contribution in [0.3, 0.4) is 0 Å². The molecule has 0 saturated heterocycles. The molecule has 1 aliphatic carbocycles. The second kappa shape index (κ2) is 5.30. The Morgan fingerprint density at radius 1 is 1.56 bits per heavy atom. The molecule has 1 heterocycles. The molecular formula is C15H26N2S. The number of hydrogen-bond acceptors (Lipinski definition) is 2. The van der Waals surface area contributed by atoms with Crippen LogP contribution in [0.4, 0.5) is 0 Å². The number of aromatic nitrogens is 1. The highest BCUT2D eigenvalue weighted by Gasteiger charge is 2.32. The minimum Gasteiger partial charge on any atom is -0.348 e. The molecule has 0 bridgehead atoms. The lowest BCUT2D eigenvalue weighted by molar-refractivity contribution is 0.272. The second-order valence-corrected chi connectivity index (χ2v) is 7.39. The van der Waals surface area contributed by atoms with E-state index in [-0.39, 0.29) is 6.04 Å². The molecule has 0 amide bonds. The number of thioether (sulfide) groups is 1. The third-order valence-corrected chi connectivity index (χ3v) is 4.74. The molecule has 0 aromatic carbocycles. The zero-order chi connectivity index (χ0) is 13.3. The largest absolute Gasteiger partial charge is 0.348 e. The van der Waals surface area contributed by atoms with Gasteiger partial charge in [0.05, 0.1) is 0 Å². The Labute approximate surface area is 115 Å². The molecule has 0 saturated carbocycles. The van der Waals surface area contributed by atoms with Crippen LogP contribution in [0.25, 0.3) is 0 Å². The summed E-state index contributed by atoms with van der Waals surface area (Å²) in [6.45, 7) is 6.99. The van der Waals surface area contributed by atoms with E-state index in [0.717, 1.165) is 12.8 Å². The van der Waals surface area contributed by atoms with Gasteiger partial charge in [0.15, 0.2) is 0 Å². The van der Waals surface area contributed by atoms with Crippen molar-refractivity contribution in [2.75, 3.05) is 12.0 Å². The van der Waals surface area contributed by atoms with Gasteiger partial charge in [-0.1, -0.05) is 13.8 Å². The van der Waals surface area contributed by atoms with Crippen LogP contribution in [-0.4, -0.2) is 16.6 Å². The van der Waals surface area contributed by atoms with Gasteiger partial charge in [0.25, 0.3) is 0 Å². The van der Waals surface area contributed by atoms with Crippen molar-refractivity contribution in [1.29, 1.82) is 0 Å². The minimum absolute atomic E-state index is 0.220. The standard InChI is InChI=1S/C15H26N2S/c1-11(6-8-18-4)17-7-5-12-13(16)9-15(2,3)10-14(12)17/h5,7,11,13H,6,8-10,16H2,1-4H3. The van der Waals surface area contributed by atoms with Gasteiger partial charge in [-0.3, -0.25) is 0 Å². The van der Waals surface area contributed by atoms with Crippen molar-refractivity contribution in [1.82, 2.24) is 4.57 Å². The van der Waals surface area contributed by atoms with Crippen molar-refractivity contribution >= 4 is 11.8 Å². The van der Waals surface area contributed by atoms with Gasteiger partial charge in [0.2, 0.25) is 0 Å². The van der Waals surface area contributed by atoms with Gasteiger partial charge in [-0.15, -0.1) is 0 Å². The van der Waals surface area contributed by atoms with Crippen LogP contribution in [-0.2, 0) is 6.42 Å². The van der Waals surface area contributed by atoms with Crippen LogP contribution in [0.2, 0.25) is 0 Å². The van der Waals surface area contributed by atoms with E-state index in [2.05, 4.69) is 43.9 Å². The summed E-state index contributed by atoms with van der Waals surface area (Å²) in [6, 6.07) is 3.05. The number of rotatable bonds is 4. The van der Waals surface area contributed by atoms with Crippen LogP contribution >= 0.6 is 11.8 Å². The fraction of sp³-hybridized carbons (Fsp3) is 0.733. The van der Waals surface area contributed by atoms with E-state index in [1.807, 2.05) is 11.8 Å². The van der Waals surface area contributed by atoms with Crippen LogP contribution in [0.1, 0.15) is 57.0 Å². The summed E-state index contributed by atoms with van der Waals surface area (Å²) >= 11 is 1.93. The molecule has 1 aliphatic rings. The molecule has 102 valence electrons. The SMILES string of the molecule is CSCCC(C)n1ccc2c1CC(C)(C)CC2N. The fourth-order valence-corrected chi connectivity index (χ4v) is 3.67. The number of hydrogen-bond donors (Lipinski definition) is 1. The first-order valence-electron chi connectivity index (χ1n) is 6.89. The van der Waals surface area contributed by atoms with Gasteiger partial charge >= 0.3 is 0 Å². The normalized spacial score (nSPS) is 23.7. The van der Waals surface area contributed by atoms with Crippen LogP contribution in [0.5, 0.6) is 0 Å². The molecule has 2 atom stereocenters. The van der Waals surface area contributed by atoms with E-state index in [1.54, 1.807) is 0 Å². The summed E-state index contributed by atoms with van der Waals surface area (Å²) in [5.74, 6) is 1.23. The van der Waals surface area contributed by atoms with E-state index in [0.29, 0.717) is 11.5 Å². The molecule has 2 rings (SSSR count). The summed E-state index contributed by atoms with van der Waals surface area (Å²) in [6.07, 6.45) is 7.92. The Balaban J connectivity index is 2.25. The molecule has 0 radical (unpaired) electrons. The van der Waals surface area contributed by atoms with Crippen molar-refractivity contribution in [3.63, 3.8) is 0 Å². The van der Waals surface area contributed by atoms with Crippen molar-refractivity contribution in [2.24, 2.45) is 11.1 Å². The van der Waals surface area contributed by atoms with Crippen molar-refractivity contribution in [3.8, 4) is 0 Å². The van der Waals surface area contributed by atoms with Gasteiger partial charge in [-0.05, 0) is 55.2 Å². The van der Waals surface area contributed by atoms with Gasteiger partial charge < -0.3 is 10.3 Å².